The molecule has 1 aliphatic carbocycles. The normalized spacial score (nSPS) is 16.3. The van der Waals surface area contributed by atoms with Crippen molar-refractivity contribution in [1.29, 1.82) is 0 Å². The van der Waals surface area contributed by atoms with E-state index in [9.17, 15) is 13.2 Å². The van der Waals surface area contributed by atoms with Gasteiger partial charge >= 0.3 is 0 Å². The molecule has 0 spiro atoms. The summed E-state index contributed by atoms with van der Waals surface area (Å²) in [6, 6.07) is 4.11. The van der Waals surface area contributed by atoms with E-state index in [0.717, 1.165) is 12.8 Å². The summed E-state index contributed by atoms with van der Waals surface area (Å²) in [4.78, 5) is 12.2. The molecule has 1 amide bonds. The molecule has 0 heterocycles. The summed E-state index contributed by atoms with van der Waals surface area (Å²) >= 11 is 0. The summed E-state index contributed by atoms with van der Waals surface area (Å²) in [5, 5.41) is 7.99. The van der Waals surface area contributed by atoms with Crippen LogP contribution in [0.3, 0.4) is 0 Å². The average molecular weight is 312 g/mol. The van der Waals surface area contributed by atoms with Gasteiger partial charge in [0.2, 0.25) is 10.0 Å². The molecule has 0 saturated heterocycles. The maximum Gasteiger partial charge on any atom is 0.255 e. The Hall–Kier alpha value is -1.60. The van der Waals surface area contributed by atoms with E-state index in [1.807, 2.05) is 6.92 Å². The molecule has 1 aromatic carbocycles. The molecule has 0 bridgehead atoms. The van der Waals surface area contributed by atoms with Gasteiger partial charge in [0, 0.05) is 6.04 Å². The first kappa shape index (κ1) is 15.8. The van der Waals surface area contributed by atoms with Gasteiger partial charge in [-0.05, 0) is 50.8 Å². The second-order valence-electron chi connectivity index (χ2n) is 5.24. The van der Waals surface area contributed by atoms with Crippen LogP contribution in [0.2, 0.25) is 0 Å². The van der Waals surface area contributed by atoms with Crippen LogP contribution in [-0.4, -0.2) is 27.0 Å². The molecule has 6 nitrogen and oxygen atoms in total. The first-order chi connectivity index (χ1) is 9.82. The van der Waals surface area contributed by atoms with Gasteiger partial charge in [0.25, 0.3) is 5.91 Å². The van der Waals surface area contributed by atoms with E-state index in [0.29, 0.717) is 18.3 Å². The second kappa shape index (κ2) is 6.03. The summed E-state index contributed by atoms with van der Waals surface area (Å²) in [6.07, 6.45) is 2.22. The van der Waals surface area contributed by atoms with Gasteiger partial charge in [-0.3, -0.25) is 4.79 Å². The van der Waals surface area contributed by atoms with Crippen LogP contribution >= 0.6 is 0 Å². The maximum atomic E-state index is 12.3. The van der Waals surface area contributed by atoms with E-state index < -0.39 is 10.0 Å². The lowest BCUT2D eigenvalue weighted by Crippen LogP contribution is -2.34. The van der Waals surface area contributed by atoms with Crippen molar-refractivity contribution in [3.63, 3.8) is 0 Å². The smallest absolute Gasteiger partial charge is 0.255 e. The fraction of sp³-hybridized carbons (Fsp3) is 0.500. The van der Waals surface area contributed by atoms with Crippen LogP contribution in [0.25, 0.3) is 0 Å². The fourth-order valence-electron chi connectivity index (χ4n) is 2.14. The van der Waals surface area contributed by atoms with Crippen molar-refractivity contribution in [2.24, 2.45) is 11.1 Å². The largest absolute Gasteiger partial charge is 0.493 e. The predicted octanol–water partition coefficient (Wildman–Crippen LogP) is 1.26. The minimum Gasteiger partial charge on any atom is -0.493 e. The van der Waals surface area contributed by atoms with Crippen molar-refractivity contribution in [1.82, 2.24) is 5.32 Å². The zero-order valence-corrected chi connectivity index (χ0v) is 12.9. The average Bonchev–Trinajstić information content (AvgIpc) is 3.22. The van der Waals surface area contributed by atoms with E-state index in [1.54, 1.807) is 6.92 Å². The molecule has 1 aliphatic rings. The van der Waals surface area contributed by atoms with Gasteiger partial charge in [0.15, 0.2) is 0 Å². The molecular weight excluding hydrogens is 292 g/mol. The van der Waals surface area contributed by atoms with Crippen molar-refractivity contribution in [3.8, 4) is 5.75 Å². The summed E-state index contributed by atoms with van der Waals surface area (Å²) in [5.74, 6) is 0.514. The Morgan fingerprint density at radius 2 is 2.14 bits per heavy atom. The molecule has 0 aliphatic heterocycles. The first-order valence-corrected chi connectivity index (χ1v) is 8.48. The van der Waals surface area contributed by atoms with Crippen molar-refractivity contribution in [2.45, 2.75) is 37.6 Å². The number of ether oxygens (including phenoxy) is 1. The van der Waals surface area contributed by atoms with E-state index in [2.05, 4.69) is 5.32 Å². The quantitative estimate of drug-likeness (QED) is 0.826. The van der Waals surface area contributed by atoms with Crippen molar-refractivity contribution < 1.29 is 17.9 Å². The number of hydrogen-bond acceptors (Lipinski definition) is 4. The molecule has 7 heteroatoms. The monoisotopic (exact) mass is 312 g/mol. The van der Waals surface area contributed by atoms with Gasteiger partial charge in [0.1, 0.15) is 5.75 Å². The molecule has 1 unspecified atom stereocenters. The predicted molar refractivity (Wildman–Crippen MR) is 78.6 cm³/mol. The Morgan fingerprint density at radius 1 is 1.48 bits per heavy atom. The standard InChI is InChI=1S/C14H20N2O4S/c1-3-20-13-7-6-11(21(15,18)19)8-12(13)14(17)16-9(2)10-4-5-10/h6-10H,3-5H2,1-2H3,(H,16,17)(H2,15,18,19). The number of nitrogens with one attached hydrogen (secondary N) is 1. The highest BCUT2D eigenvalue weighted by Crippen LogP contribution is 2.32. The summed E-state index contributed by atoms with van der Waals surface area (Å²) in [6.45, 7) is 4.12. The lowest BCUT2D eigenvalue weighted by molar-refractivity contribution is 0.0932. The Morgan fingerprint density at radius 3 is 2.67 bits per heavy atom. The molecule has 21 heavy (non-hydrogen) atoms. The van der Waals surface area contributed by atoms with E-state index >= 15 is 0 Å². The van der Waals surface area contributed by atoms with Crippen molar-refractivity contribution in [3.05, 3.63) is 23.8 Å². The fourth-order valence-corrected chi connectivity index (χ4v) is 2.68. The lowest BCUT2D eigenvalue weighted by Gasteiger charge is -2.15. The highest BCUT2D eigenvalue weighted by Gasteiger charge is 2.30. The molecule has 1 fully saturated rings. The van der Waals surface area contributed by atoms with Crippen molar-refractivity contribution >= 4 is 15.9 Å². The molecule has 2 rings (SSSR count). The number of amides is 1. The number of nitrogens with two attached hydrogens (primary N) is 1. The second-order valence-corrected chi connectivity index (χ2v) is 6.80. The van der Waals surface area contributed by atoms with Gasteiger partial charge in [0.05, 0.1) is 17.1 Å². The lowest BCUT2D eigenvalue weighted by atomic mass is 10.1. The van der Waals surface area contributed by atoms with Gasteiger partial charge in [-0.2, -0.15) is 0 Å². The highest BCUT2D eigenvalue weighted by molar-refractivity contribution is 7.89. The molecule has 116 valence electrons. The van der Waals surface area contributed by atoms with Crippen LogP contribution in [0.15, 0.2) is 23.1 Å². The molecule has 1 aromatic rings. The van der Waals surface area contributed by atoms with Gasteiger partial charge in [-0.1, -0.05) is 0 Å². The minimum absolute atomic E-state index is 0.0603. The van der Waals surface area contributed by atoms with E-state index in [1.165, 1.54) is 18.2 Å². The molecule has 0 aromatic heterocycles. The van der Waals surface area contributed by atoms with Crippen molar-refractivity contribution in [2.75, 3.05) is 6.61 Å². The Kier molecular flexibility index (Phi) is 4.53. The number of rotatable bonds is 6. The first-order valence-electron chi connectivity index (χ1n) is 6.93. The number of benzene rings is 1. The van der Waals surface area contributed by atoms with Gasteiger partial charge in [-0.15, -0.1) is 0 Å². The molecule has 1 atom stereocenters. The molecule has 3 N–H and O–H groups in total. The minimum atomic E-state index is -3.86. The maximum absolute atomic E-state index is 12.3. The number of carbonyl (C=O) groups excluding carboxylic acids is 1. The van der Waals surface area contributed by atoms with Crippen LogP contribution in [0.1, 0.15) is 37.0 Å². The summed E-state index contributed by atoms with van der Waals surface area (Å²) in [7, 11) is -3.86. The van der Waals surface area contributed by atoms with E-state index in [4.69, 9.17) is 9.88 Å². The van der Waals surface area contributed by atoms with Crippen LogP contribution in [0, 0.1) is 5.92 Å². The zero-order valence-electron chi connectivity index (χ0n) is 12.1. The summed E-state index contributed by atoms with van der Waals surface area (Å²) in [5.41, 5.74) is 0.191. The van der Waals surface area contributed by atoms with E-state index in [-0.39, 0.29) is 22.4 Å². The molecule has 1 saturated carbocycles. The number of hydrogen-bond donors (Lipinski definition) is 2. The number of sulfonamides is 1. The topological polar surface area (TPSA) is 98.5 Å². The molecule has 0 radical (unpaired) electrons. The van der Waals surface area contributed by atoms with Gasteiger partial charge < -0.3 is 10.1 Å². The Bertz CT molecular complexity index is 638. The highest BCUT2D eigenvalue weighted by atomic mass is 32.2. The third kappa shape index (κ3) is 3.95. The third-order valence-corrected chi connectivity index (χ3v) is 4.42. The third-order valence-electron chi connectivity index (χ3n) is 3.51. The number of primary sulfonamides is 1. The van der Waals surface area contributed by atoms with Gasteiger partial charge in [-0.25, -0.2) is 13.6 Å². The Labute approximate surface area is 124 Å². The van der Waals surface area contributed by atoms with Crippen LogP contribution in [0.5, 0.6) is 5.75 Å². The van der Waals surface area contributed by atoms with Crippen LogP contribution in [-0.2, 0) is 10.0 Å². The SMILES string of the molecule is CCOc1ccc(S(N)(=O)=O)cc1C(=O)NC(C)C1CC1. The summed E-state index contributed by atoms with van der Waals surface area (Å²) < 4.78 is 28.2. The Balaban J connectivity index is 2.30. The van der Waals surface area contributed by atoms with Crippen LogP contribution < -0.4 is 15.2 Å². The number of carbonyl (C=O) groups is 1. The van der Waals surface area contributed by atoms with Crippen LogP contribution in [0.4, 0.5) is 0 Å². The zero-order chi connectivity index (χ0) is 15.6. The molecular formula is C14H20N2O4S.